The number of hydrogen-bond donors (Lipinski definition) is 1. The number of imide groups is 1. The molecule has 0 bridgehead atoms. The number of benzene rings is 2. The molecule has 1 unspecified atom stereocenters. The standard InChI is InChI=1S/C20H17N3O5S/c24-12-21(28)11-17-20(27)22(15-7-3-4-8-16(15)29-17)9-10-23-18(25)13-5-1-2-6-14(13)19(23)26/h1-8,12,17,28H,9-11H2. The number of amides is 4. The molecule has 2 aliphatic heterocycles. The van der Waals surface area contributed by atoms with E-state index in [1.165, 1.54) is 16.7 Å². The highest BCUT2D eigenvalue weighted by Crippen LogP contribution is 2.39. The van der Waals surface area contributed by atoms with E-state index in [0.29, 0.717) is 21.9 Å². The van der Waals surface area contributed by atoms with Crippen molar-refractivity contribution in [2.75, 3.05) is 24.5 Å². The van der Waals surface area contributed by atoms with Crippen molar-refractivity contribution in [1.29, 1.82) is 0 Å². The first-order chi connectivity index (χ1) is 14.0. The maximum atomic E-state index is 13.0. The van der Waals surface area contributed by atoms with Gasteiger partial charge >= 0.3 is 0 Å². The molecule has 4 amide bonds. The topological polar surface area (TPSA) is 98.2 Å². The molecule has 2 aromatic rings. The van der Waals surface area contributed by atoms with Crippen LogP contribution in [0.1, 0.15) is 20.7 Å². The van der Waals surface area contributed by atoms with Gasteiger partial charge in [0, 0.05) is 18.0 Å². The number of rotatable bonds is 6. The zero-order chi connectivity index (χ0) is 20.5. The second-order valence-electron chi connectivity index (χ2n) is 6.60. The summed E-state index contributed by atoms with van der Waals surface area (Å²) in [6.07, 6.45) is 0.247. The molecule has 2 aliphatic rings. The van der Waals surface area contributed by atoms with Crippen molar-refractivity contribution in [2.24, 2.45) is 0 Å². The lowest BCUT2D eigenvalue weighted by atomic mass is 10.1. The average Bonchev–Trinajstić information content (AvgIpc) is 2.98. The zero-order valence-corrected chi connectivity index (χ0v) is 16.0. The molecular formula is C20H17N3O5S. The van der Waals surface area contributed by atoms with Gasteiger partial charge in [0.2, 0.25) is 12.3 Å². The summed E-state index contributed by atoms with van der Waals surface area (Å²) in [5.41, 5.74) is 1.39. The van der Waals surface area contributed by atoms with Crippen molar-refractivity contribution < 1.29 is 24.4 Å². The van der Waals surface area contributed by atoms with Crippen LogP contribution < -0.4 is 4.90 Å². The first-order valence-electron chi connectivity index (χ1n) is 8.94. The van der Waals surface area contributed by atoms with Gasteiger partial charge in [-0.05, 0) is 24.3 Å². The highest BCUT2D eigenvalue weighted by atomic mass is 32.2. The second kappa shape index (κ2) is 7.69. The van der Waals surface area contributed by atoms with Crippen LogP contribution in [0.15, 0.2) is 53.4 Å². The summed E-state index contributed by atoms with van der Waals surface area (Å²) in [7, 11) is 0. The molecule has 0 spiro atoms. The van der Waals surface area contributed by atoms with Crippen molar-refractivity contribution in [3.8, 4) is 0 Å². The van der Waals surface area contributed by atoms with Gasteiger partial charge in [0.25, 0.3) is 11.8 Å². The Balaban J connectivity index is 1.56. The highest BCUT2D eigenvalue weighted by molar-refractivity contribution is 8.01. The van der Waals surface area contributed by atoms with E-state index in [2.05, 4.69) is 0 Å². The van der Waals surface area contributed by atoms with Crippen LogP contribution in [0, 0.1) is 0 Å². The fourth-order valence-electron chi connectivity index (χ4n) is 3.48. The van der Waals surface area contributed by atoms with E-state index in [-0.39, 0.29) is 43.8 Å². The van der Waals surface area contributed by atoms with Crippen molar-refractivity contribution in [2.45, 2.75) is 10.1 Å². The molecule has 0 fully saturated rings. The summed E-state index contributed by atoms with van der Waals surface area (Å²) < 4.78 is 0. The van der Waals surface area contributed by atoms with Crippen LogP contribution >= 0.6 is 11.8 Å². The molecule has 148 valence electrons. The molecule has 4 rings (SSSR count). The lowest BCUT2D eigenvalue weighted by Gasteiger charge is -2.34. The molecule has 1 atom stereocenters. The Labute approximate surface area is 170 Å². The minimum Gasteiger partial charge on any atom is -0.308 e. The predicted molar refractivity (Wildman–Crippen MR) is 105 cm³/mol. The summed E-state index contributed by atoms with van der Waals surface area (Å²) >= 11 is 1.26. The number of anilines is 1. The minimum atomic E-state index is -0.692. The van der Waals surface area contributed by atoms with E-state index < -0.39 is 5.25 Å². The normalized spacial score (nSPS) is 18.0. The molecule has 2 aromatic carbocycles. The summed E-state index contributed by atoms with van der Waals surface area (Å²) in [5, 5.41) is 9.26. The van der Waals surface area contributed by atoms with E-state index in [1.807, 2.05) is 12.1 Å². The summed E-state index contributed by atoms with van der Waals surface area (Å²) in [4.78, 5) is 52.3. The van der Waals surface area contributed by atoms with Gasteiger partial charge in [0.05, 0.1) is 23.4 Å². The molecule has 0 radical (unpaired) electrons. The van der Waals surface area contributed by atoms with Gasteiger partial charge in [-0.1, -0.05) is 24.3 Å². The first-order valence-corrected chi connectivity index (χ1v) is 9.82. The Morgan fingerprint density at radius 2 is 1.52 bits per heavy atom. The van der Waals surface area contributed by atoms with Crippen molar-refractivity contribution in [3.63, 3.8) is 0 Å². The van der Waals surface area contributed by atoms with Gasteiger partial charge in [-0.25, -0.2) is 5.06 Å². The number of para-hydroxylation sites is 1. The monoisotopic (exact) mass is 411 g/mol. The molecule has 8 nitrogen and oxygen atoms in total. The molecule has 0 saturated heterocycles. The smallest absolute Gasteiger partial charge is 0.261 e. The van der Waals surface area contributed by atoms with E-state index in [0.717, 1.165) is 9.80 Å². The SMILES string of the molecule is O=CN(O)CC1Sc2ccccc2N(CCN2C(=O)c3ccccc3C2=O)C1=O. The maximum absolute atomic E-state index is 13.0. The molecule has 0 aromatic heterocycles. The molecule has 0 saturated carbocycles. The van der Waals surface area contributed by atoms with Crippen LogP contribution in [0.3, 0.4) is 0 Å². The lowest BCUT2D eigenvalue weighted by molar-refractivity contribution is -0.150. The van der Waals surface area contributed by atoms with Crippen molar-refractivity contribution in [3.05, 3.63) is 59.7 Å². The Bertz CT molecular complexity index is 976. The number of carbonyl (C=O) groups excluding carboxylic acids is 4. The summed E-state index contributed by atoms with van der Waals surface area (Å²) in [6.45, 7) is -0.00390. The number of nitrogens with zero attached hydrogens (tertiary/aromatic N) is 3. The summed E-state index contributed by atoms with van der Waals surface area (Å²) in [6, 6.07) is 13.9. The Morgan fingerprint density at radius 3 is 2.17 bits per heavy atom. The third-order valence-electron chi connectivity index (χ3n) is 4.87. The number of hydroxylamine groups is 2. The first kappa shape index (κ1) is 19.2. The minimum absolute atomic E-state index is 0.0420. The van der Waals surface area contributed by atoms with E-state index in [4.69, 9.17) is 0 Å². The van der Waals surface area contributed by atoms with Gasteiger partial charge in [-0.2, -0.15) is 0 Å². The van der Waals surface area contributed by atoms with Crippen LogP contribution in [-0.2, 0) is 9.59 Å². The van der Waals surface area contributed by atoms with E-state index >= 15 is 0 Å². The third kappa shape index (κ3) is 3.39. The molecule has 29 heavy (non-hydrogen) atoms. The van der Waals surface area contributed by atoms with Crippen LogP contribution in [0.2, 0.25) is 0 Å². The fraction of sp³-hybridized carbons (Fsp3) is 0.200. The highest BCUT2D eigenvalue weighted by Gasteiger charge is 2.38. The quantitative estimate of drug-likeness (QED) is 0.336. The van der Waals surface area contributed by atoms with Crippen LogP contribution in [0.25, 0.3) is 0 Å². The average molecular weight is 411 g/mol. The Kier molecular flexibility index (Phi) is 5.08. The van der Waals surface area contributed by atoms with Crippen molar-refractivity contribution in [1.82, 2.24) is 9.96 Å². The molecule has 1 N–H and O–H groups in total. The van der Waals surface area contributed by atoms with Crippen molar-refractivity contribution >= 4 is 41.6 Å². The van der Waals surface area contributed by atoms with E-state index in [9.17, 15) is 24.4 Å². The zero-order valence-electron chi connectivity index (χ0n) is 15.2. The fourth-order valence-corrected chi connectivity index (χ4v) is 4.70. The van der Waals surface area contributed by atoms with Crippen LogP contribution in [0.5, 0.6) is 0 Å². The Hall–Kier alpha value is -3.17. The molecule has 2 heterocycles. The van der Waals surface area contributed by atoms with Crippen LogP contribution in [-0.4, -0.2) is 64.2 Å². The molecular weight excluding hydrogens is 394 g/mol. The number of fused-ring (bicyclic) bond motifs is 2. The number of thioether (sulfide) groups is 1. The van der Waals surface area contributed by atoms with Crippen LogP contribution in [0.4, 0.5) is 5.69 Å². The van der Waals surface area contributed by atoms with Gasteiger partial charge in [0.15, 0.2) is 0 Å². The third-order valence-corrected chi connectivity index (χ3v) is 6.10. The second-order valence-corrected chi connectivity index (χ2v) is 7.84. The van der Waals surface area contributed by atoms with E-state index in [1.54, 1.807) is 36.4 Å². The van der Waals surface area contributed by atoms with Gasteiger partial charge < -0.3 is 4.90 Å². The maximum Gasteiger partial charge on any atom is 0.261 e. The molecule has 0 aliphatic carbocycles. The van der Waals surface area contributed by atoms with Gasteiger partial charge in [-0.3, -0.25) is 29.3 Å². The Morgan fingerprint density at radius 1 is 0.931 bits per heavy atom. The predicted octanol–water partition coefficient (Wildman–Crippen LogP) is 1.64. The molecule has 9 heteroatoms. The number of carbonyl (C=O) groups is 4. The summed E-state index contributed by atoms with van der Waals surface area (Å²) in [5.74, 6) is -1.06. The van der Waals surface area contributed by atoms with Gasteiger partial charge in [-0.15, -0.1) is 11.8 Å². The van der Waals surface area contributed by atoms with Gasteiger partial charge in [0.1, 0.15) is 5.25 Å². The largest absolute Gasteiger partial charge is 0.308 e. The number of hydrogen-bond acceptors (Lipinski definition) is 6. The lowest BCUT2D eigenvalue weighted by Crippen LogP contribution is -2.48.